The Balaban J connectivity index is 2.57. The Morgan fingerprint density at radius 3 is 2.68 bits per heavy atom. The maximum absolute atomic E-state index is 12.3. The first kappa shape index (κ1) is 24.6. The summed E-state index contributed by atoms with van der Waals surface area (Å²) in [7, 11) is 1.35. The van der Waals surface area contributed by atoms with Gasteiger partial charge in [-0.15, -0.1) is 0 Å². The van der Waals surface area contributed by atoms with Crippen molar-refractivity contribution in [3.63, 3.8) is 0 Å². The molecule has 1 fully saturated rings. The average molecular weight is 395 g/mol. The lowest BCUT2D eigenvalue weighted by Crippen LogP contribution is -2.28. The Kier molecular flexibility index (Phi) is 10.7. The maximum Gasteiger partial charge on any atom is 0.330 e. The molecule has 0 unspecified atom stereocenters. The number of unbranched alkanes of at least 4 members (excludes halogenated alkanes) is 3. The minimum atomic E-state index is -0.668. The highest BCUT2D eigenvalue weighted by Crippen LogP contribution is 2.35. The Morgan fingerprint density at radius 2 is 2.04 bits per heavy atom. The van der Waals surface area contributed by atoms with Gasteiger partial charge >= 0.3 is 5.97 Å². The van der Waals surface area contributed by atoms with Gasteiger partial charge in [-0.3, -0.25) is 4.79 Å². The molecule has 0 aromatic rings. The van der Waals surface area contributed by atoms with Crippen LogP contribution in [-0.2, 0) is 14.3 Å². The van der Waals surface area contributed by atoms with Crippen molar-refractivity contribution in [1.82, 2.24) is 0 Å². The number of hydrogen-bond donors (Lipinski definition) is 2. The highest BCUT2D eigenvalue weighted by atomic mass is 16.5. The number of aliphatic hydroxyl groups excluding tert-OH is 2. The number of hydrogen-bond acceptors (Lipinski definition) is 5. The summed E-state index contributed by atoms with van der Waals surface area (Å²) < 4.78 is 4.54. The maximum atomic E-state index is 12.3. The molecule has 0 amide bonds. The van der Waals surface area contributed by atoms with Gasteiger partial charge in [-0.25, -0.2) is 4.79 Å². The predicted octanol–water partition coefficient (Wildman–Crippen LogP) is 3.98. The van der Waals surface area contributed by atoms with Crippen LogP contribution in [0.2, 0.25) is 0 Å². The molecule has 1 rings (SSSR count). The molecule has 5 nitrogen and oxygen atoms in total. The molecule has 0 aromatic carbocycles. The van der Waals surface area contributed by atoms with Gasteiger partial charge in [0.15, 0.2) is 0 Å². The molecule has 0 heterocycles. The van der Waals surface area contributed by atoms with E-state index in [-0.39, 0.29) is 35.4 Å². The summed E-state index contributed by atoms with van der Waals surface area (Å²) >= 11 is 0. The van der Waals surface area contributed by atoms with Crippen LogP contribution in [0.25, 0.3) is 0 Å². The van der Waals surface area contributed by atoms with Gasteiger partial charge < -0.3 is 14.9 Å². The van der Waals surface area contributed by atoms with Gasteiger partial charge in [0.05, 0.1) is 19.3 Å². The molecule has 0 aromatic heterocycles. The number of esters is 1. The van der Waals surface area contributed by atoms with Crippen molar-refractivity contribution < 1.29 is 24.5 Å². The van der Waals surface area contributed by atoms with E-state index in [0.29, 0.717) is 6.42 Å². The molecule has 0 spiro atoms. The molecule has 0 aliphatic heterocycles. The van der Waals surface area contributed by atoms with E-state index in [1.807, 2.05) is 19.9 Å². The van der Waals surface area contributed by atoms with Crippen molar-refractivity contribution in [3.8, 4) is 0 Å². The number of ketones is 1. The Labute approximate surface area is 169 Å². The van der Waals surface area contributed by atoms with E-state index < -0.39 is 12.2 Å². The largest absolute Gasteiger partial charge is 0.466 e. The van der Waals surface area contributed by atoms with Gasteiger partial charge in [-0.2, -0.15) is 0 Å². The minimum absolute atomic E-state index is 0.104. The second-order valence-corrected chi connectivity index (χ2v) is 8.55. The van der Waals surface area contributed by atoms with E-state index in [1.165, 1.54) is 13.2 Å². The van der Waals surface area contributed by atoms with E-state index in [1.54, 1.807) is 12.2 Å². The first-order valence-corrected chi connectivity index (χ1v) is 10.5. The standard InChI is InChI=1S/C23H38O5/c1-5-6-15-23(2,3)21(26)14-13-18-17(19(24)16-20(18)25)11-9-7-8-10-12-22(27)28-4/h10,12-14,17-18,20-21,25-26H,5-9,11,15-16H2,1-4H3/b12-10+,14-13-/t17-,18-,20-,21+/m0/s1. The van der Waals surface area contributed by atoms with E-state index in [9.17, 15) is 19.8 Å². The number of aliphatic hydroxyl groups is 2. The monoisotopic (exact) mass is 394 g/mol. The van der Waals surface area contributed by atoms with Crippen molar-refractivity contribution in [3.05, 3.63) is 24.3 Å². The van der Waals surface area contributed by atoms with Gasteiger partial charge in [0.1, 0.15) is 5.78 Å². The van der Waals surface area contributed by atoms with Crippen LogP contribution in [0, 0.1) is 17.3 Å². The van der Waals surface area contributed by atoms with Crippen LogP contribution < -0.4 is 0 Å². The Hall–Kier alpha value is -1.46. The fraction of sp³-hybridized carbons (Fsp3) is 0.739. The molecule has 1 aliphatic rings. The number of carbonyl (C=O) groups is 2. The molecule has 1 aliphatic carbocycles. The summed E-state index contributed by atoms with van der Waals surface area (Å²) in [6.07, 6.45) is 12.0. The number of carbonyl (C=O) groups excluding carboxylic acids is 2. The van der Waals surface area contributed by atoms with Crippen LogP contribution >= 0.6 is 0 Å². The zero-order valence-corrected chi connectivity index (χ0v) is 17.9. The quantitative estimate of drug-likeness (QED) is 0.226. The van der Waals surface area contributed by atoms with Crippen LogP contribution in [0.3, 0.4) is 0 Å². The number of methoxy groups -OCH3 is 1. The smallest absolute Gasteiger partial charge is 0.330 e. The fourth-order valence-corrected chi connectivity index (χ4v) is 3.74. The Morgan fingerprint density at radius 1 is 1.32 bits per heavy atom. The normalized spacial score (nSPS) is 24.4. The third-order valence-electron chi connectivity index (χ3n) is 5.81. The first-order chi connectivity index (χ1) is 13.2. The molecule has 1 saturated carbocycles. The van der Waals surface area contributed by atoms with Gasteiger partial charge in [-0.1, -0.05) is 58.3 Å². The Bertz CT molecular complexity index is 549. The molecule has 0 saturated heterocycles. The number of ether oxygens (including phenoxy) is 1. The zero-order chi connectivity index (χ0) is 21.2. The summed E-state index contributed by atoms with van der Waals surface area (Å²) in [5.74, 6) is -0.678. The van der Waals surface area contributed by atoms with Crippen molar-refractivity contribution in [2.24, 2.45) is 17.3 Å². The summed E-state index contributed by atoms with van der Waals surface area (Å²) in [5, 5.41) is 20.8. The summed E-state index contributed by atoms with van der Waals surface area (Å²) in [6, 6.07) is 0. The second-order valence-electron chi connectivity index (χ2n) is 8.55. The van der Waals surface area contributed by atoms with Crippen molar-refractivity contribution >= 4 is 11.8 Å². The van der Waals surface area contributed by atoms with Gasteiger partial charge in [0.25, 0.3) is 0 Å². The molecule has 5 heteroatoms. The van der Waals surface area contributed by atoms with Crippen LogP contribution in [0.5, 0.6) is 0 Å². The predicted molar refractivity (Wildman–Crippen MR) is 111 cm³/mol. The van der Waals surface area contributed by atoms with E-state index in [4.69, 9.17) is 0 Å². The van der Waals surface area contributed by atoms with Crippen LogP contribution in [0.15, 0.2) is 24.3 Å². The molecule has 160 valence electrons. The molecule has 28 heavy (non-hydrogen) atoms. The lowest BCUT2D eigenvalue weighted by Gasteiger charge is -2.29. The summed E-state index contributed by atoms with van der Waals surface area (Å²) in [6.45, 7) is 6.23. The second kappa shape index (κ2) is 12.2. The fourth-order valence-electron chi connectivity index (χ4n) is 3.74. The zero-order valence-electron chi connectivity index (χ0n) is 17.9. The molecular weight excluding hydrogens is 356 g/mol. The molecule has 0 radical (unpaired) electrons. The summed E-state index contributed by atoms with van der Waals surface area (Å²) in [4.78, 5) is 23.3. The van der Waals surface area contributed by atoms with Crippen LogP contribution in [0.1, 0.15) is 72.1 Å². The molecule has 2 N–H and O–H groups in total. The number of allylic oxidation sites excluding steroid dienone is 1. The van der Waals surface area contributed by atoms with Gasteiger partial charge in [0.2, 0.25) is 0 Å². The molecule has 0 bridgehead atoms. The minimum Gasteiger partial charge on any atom is -0.466 e. The van der Waals surface area contributed by atoms with E-state index in [2.05, 4.69) is 11.7 Å². The first-order valence-electron chi connectivity index (χ1n) is 10.5. The van der Waals surface area contributed by atoms with Gasteiger partial charge in [-0.05, 0) is 31.1 Å². The van der Waals surface area contributed by atoms with E-state index in [0.717, 1.165) is 38.5 Å². The SMILES string of the molecule is CCCCC(C)(C)[C@H](O)/C=C\[C@H]1[C@H](CCCC/C=C/C(=O)OC)C(=O)C[C@@H]1O. The average Bonchev–Trinajstić information content (AvgIpc) is 2.93. The van der Waals surface area contributed by atoms with Crippen molar-refractivity contribution in [1.29, 1.82) is 0 Å². The molecular formula is C23H38O5. The third-order valence-corrected chi connectivity index (χ3v) is 5.81. The number of Topliss-reactive ketones (excluding diaryl/α,β-unsaturated/α-hetero) is 1. The van der Waals surface area contributed by atoms with E-state index >= 15 is 0 Å². The highest BCUT2D eigenvalue weighted by Gasteiger charge is 2.39. The molecule has 4 atom stereocenters. The summed E-state index contributed by atoms with van der Waals surface area (Å²) in [5.41, 5.74) is -0.221. The topological polar surface area (TPSA) is 83.8 Å². The number of rotatable bonds is 12. The lowest BCUT2D eigenvalue weighted by molar-refractivity contribution is -0.134. The van der Waals surface area contributed by atoms with Crippen LogP contribution in [0.4, 0.5) is 0 Å². The van der Waals surface area contributed by atoms with Gasteiger partial charge in [0, 0.05) is 24.3 Å². The van der Waals surface area contributed by atoms with Crippen LogP contribution in [-0.4, -0.2) is 41.3 Å². The van der Waals surface area contributed by atoms with Crippen molar-refractivity contribution in [2.45, 2.75) is 84.3 Å². The third kappa shape index (κ3) is 7.88. The highest BCUT2D eigenvalue weighted by molar-refractivity contribution is 5.84. The lowest BCUT2D eigenvalue weighted by atomic mass is 9.80. The van der Waals surface area contributed by atoms with Crippen molar-refractivity contribution in [2.75, 3.05) is 7.11 Å².